The lowest BCUT2D eigenvalue weighted by Gasteiger charge is -2.35. The first kappa shape index (κ1) is 25.3. The average Bonchev–Trinajstić information content (AvgIpc) is 3.30. The molecule has 0 radical (unpaired) electrons. The number of pyridine rings is 1. The van der Waals surface area contributed by atoms with Gasteiger partial charge >= 0.3 is 0 Å². The Morgan fingerprint density at radius 1 is 1.08 bits per heavy atom. The molecule has 1 aliphatic carbocycles. The largest absolute Gasteiger partial charge is 0.371 e. The first-order chi connectivity index (χ1) is 17.9. The maximum Gasteiger partial charge on any atom is 0.253 e. The Balaban J connectivity index is 1.20. The van der Waals surface area contributed by atoms with Crippen LogP contribution in [-0.4, -0.2) is 48.4 Å². The maximum absolute atomic E-state index is 13.3. The highest BCUT2D eigenvalue weighted by molar-refractivity contribution is 6.33. The molecule has 1 aliphatic heterocycles. The number of aryl methyl sites for hydroxylation is 2. The van der Waals surface area contributed by atoms with Gasteiger partial charge in [-0.15, -0.1) is 0 Å². The van der Waals surface area contributed by atoms with Crippen LogP contribution >= 0.6 is 11.6 Å². The number of piperidine rings is 1. The van der Waals surface area contributed by atoms with Crippen molar-refractivity contribution in [3.63, 3.8) is 0 Å². The molecule has 6 nitrogen and oxygen atoms in total. The van der Waals surface area contributed by atoms with Crippen molar-refractivity contribution >= 4 is 29.1 Å². The lowest BCUT2D eigenvalue weighted by Crippen LogP contribution is -2.39. The fourth-order valence-corrected chi connectivity index (χ4v) is 5.78. The number of anilines is 1. The molecule has 7 heteroatoms. The Morgan fingerprint density at radius 3 is 2.62 bits per heavy atom. The van der Waals surface area contributed by atoms with E-state index in [0.29, 0.717) is 22.1 Å². The van der Waals surface area contributed by atoms with Crippen molar-refractivity contribution in [3.8, 4) is 0 Å². The van der Waals surface area contributed by atoms with E-state index in [2.05, 4.69) is 27.3 Å². The lowest BCUT2D eigenvalue weighted by molar-refractivity contribution is 0.0764. The van der Waals surface area contributed by atoms with E-state index >= 15 is 0 Å². The van der Waals surface area contributed by atoms with E-state index in [1.165, 1.54) is 11.3 Å². The Kier molecular flexibility index (Phi) is 7.47. The molecule has 2 aliphatic rings. The summed E-state index contributed by atoms with van der Waals surface area (Å²) in [6, 6.07) is 17.1. The standard InChI is InChI=1S/C30H33ClN4O2/c1-20-17-24(11-14-32-20)35-15-12-21(13-16-35)19-34(2)30(37)23-8-7-22-9-10-28(26(22)18-23)33-29(36)25-5-3-4-6-27(25)31/h3-8,11,14,17-18,21,28H,9-10,12-13,15-16,19H2,1-2H3,(H,33,36)/t28-/m1/s1. The number of carbonyl (C=O) groups is 2. The van der Waals surface area contributed by atoms with Crippen LogP contribution in [0.2, 0.25) is 5.02 Å². The second kappa shape index (κ2) is 10.9. The Hall–Kier alpha value is -3.38. The zero-order valence-electron chi connectivity index (χ0n) is 21.4. The molecule has 0 saturated carbocycles. The lowest BCUT2D eigenvalue weighted by atomic mass is 9.95. The average molecular weight is 517 g/mol. The number of fused-ring (bicyclic) bond motifs is 1. The van der Waals surface area contributed by atoms with Crippen LogP contribution in [0.3, 0.4) is 0 Å². The van der Waals surface area contributed by atoms with E-state index < -0.39 is 0 Å². The van der Waals surface area contributed by atoms with E-state index in [4.69, 9.17) is 11.6 Å². The van der Waals surface area contributed by atoms with Crippen LogP contribution in [-0.2, 0) is 6.42 Å². The number of aromatic nitrogens is 1. The third-order valence-corrected chi connectivity index (χ3v) is 7.96. The maximum atomic E-state index is 13.3. The fourth-order valence-electron chi connectivity index (χ4n) is 5.56. The molecule has 2 heterocycles. The first-order valence-electron chi connectivity index (χ1n) is 13.0. The van der Waals surface area contributed by atoms with Crippen LogP contribution in [0.1, 0.15) is 62.8 Å². The number of hydrogen-bond acceptors (Lipinski definition) is 4. The van der Waals surface area contributed by atoms with E-state index in [1.54, 1.807) is 18.2 Å². The van der Waals surface area contributed by atoms with Crippen molar-refractivity contribution in [1.29, 1.82) is 0 Å². The second-order valence-corrected chi connectivity index (χ2v) is 10.6. The molecular formula is C30H33ClN4O2. The molecule has 0 unspecified atom stereocenters. The van der Waals surface area contributed by atoms with Crippen LogP contribution in [0.15, 0.2) is 60.8 Å². The van der Waals surface area contributed by atoms with Crippen molar-refractivity contribution in [2.45, 2.75) is 38.6 Å². The Labute approximate surface area is 223 Å². The van der Waals surface area contributed by atoms with Gasteiger partial charge in [0.05, 0.1) is 16.6 Å². The van der Waals surface area contributed by atoms with E-state index in [1.807, 2.05) is 49.3 Å². The summed E-state index contributed by atoms with van der Waals surface area (Å²) in [5.74, 6) is 0.314. The van der Waals surface area contributed by atoms with Gasteiger partial charge in [0.2, 0.25) is 0 Å². The third kappa shape index (κ3) is 5.64. The smallest absolute Gasteiger partial charge is 0.253 e. The van der Waals surface area contributed by atoms with Crippen molar-refractivity contribution < 1.29 is 9.59 Å². The molecule has 1 N–H and O–H groups in total. The predicted molar refractivity (Wildman–Crippen MR) is 147 cm³/mol. The summed E-state index contributed by atoms with van der Waals surface area (Å²) in [4.78, 5) is 34.7. The number of nitrogens with one attached hydrogen (secondary N) is 1. The van der Waals surface area contributed by atoms with Gasteiger partial charge in [-0.2, -0.15) is 0 Å². The van der Waals surface area contributed by atoms with Gasteiger partial charge in [0.25, 0.3) is 11.8 Å². The number of hydrogen-bond donors (Lipinski definition) is 1. The van der Waals surface area contributed by atoms with Crippen molar-refractivity contribution in [1.82, 2.24) is 15.2 Å². The summed E-state index contributed by atoms with van der Waals surface area (Å²) in [6.07, 6.45) is 5.67. The minimum absolute atomic E-state index is 0.0260. The van der Waals surface area contributed by atoms with Crippen LogP contribution in [0.4, 0.5) is 5.69 Å². The summed E-state index contributed by atoms with van der Waals surface area (Å²) in [5, 5.41) is 3.55. The monoisotopic (exact) mass is 516 g/mol. The molecule has 1 atom stereocenters. The molecule has 2 aromatic carbocycles. The number of benzene rings is 2. The first-order valence-corrected chi connectivity index (χ1v) is 13.4. The van der Waals surface area contributed by atoms with E-state index in [9.17, 15) is 9.59 Å². The molecule has 3 aromatic rings. The SMILES string of the molecule is Cc1cc(N2CCC(CN(C)C(=O)c3ccc4c(c3)[C@H](NC(=O)c3ccccc3Cl)CC4)CC2)ccn1. The highest BCUT2D eigenvalue weighted by atomic mass is 35.5. The summed E-state index contributed by atoms with van der Waals surface area (Å²) in [6.45, 7) is 4.74. The summed E-state index contributed by atoms with van der Waals surface area (Å²) in [5.41, 5.74) is 5.61. The van der Waals surface area contributed by atoms with Crippen molar-refractivity contribution in [2.75, 3.05) is 31.6 Å². The van der Waals surface area contributed by atoms with Gasteiger partial charge in [-0.3, -0.25) is 14.6 Å². The van der Waals surface area contributed by atoms with Crippen LogP contribution < -0.4 is 10.2 Å². The van der Waals surface area contributed by atoms with Gasteiger partial charge < -0.3 is 15.1 Å². The molecule has 37 heavy (non-hydrogen) atoms. The quantitative estimate of drug-likeness (QED) is 0.473. The number of nitrogens with zero attached hydrogens (tertiary/aromatic N) is 3. The van der Waals surface area contributed by atoms with Crippen molar-refractivity contribution in [3.05, 3.63) is 93.8 Å². The molecule has 0 spiro atoms. The normalized spacial score (nSPS) is 17.4. The van der Waals surface area contributed by atoms with Gasteiger partial charge in [-0.25, -0.2) is 0 Å². The molecule has 5 rings (SSSR count). The minimum Gasteiger partial charge on any atom is -0.371 e. The molecule has 192 valence electrons. The second-order valence-electron chi connectivity index (χ2n) is 10.2. The van der Waals surface area contributed by atoms with Gasteiger partial charge in [0.1, 0.15) is 0 Å². The van der Waals surface area contributed by atoms with Crippen LogP contribution in [0.5, 0.6) is 0 Å². The predicted octanol–water partition coefficient (Wildman–Crippen LogP) is 5.45. The van der Waals surface area contributed by atoms with Crippen LogP contribution in [0.25, 0.3) is 0 Å². The van der Waals surface area contributed by atoms with Gasteiger partial charge in [0.15, 0.2) is 0 Å². The minimum atomic E-state index is -0.189. The Morgan fingerprint density at radius 2 is 1.86 bits per heavy atom. The Bertz CT molecular complexity index is 1300. The van der Waals surface area contributed by atoms with Crippen molar-refractivity contribution in [2.24, 2.45) is 5.92 Å². The van der Waals surface area contributed by atoms with E-state index in [-0.39, 0.29) is 17.9 Å². The van der Waals surface area contributed by atoms with Gasteiger partial charge in [-0.1, -0.05) is 29.8 Å². The highest BCUT2D eigenvalue weighted by Crippen LogP contribution is 2.33. The summed E-state index contributed by atoms with van der Waals surface area (Å²) >= 11 is 6.22. The number of halogens is 1. The number of rotatable bonds is 6. The molecule has 1 saturated heterocycles. The van der Waals surface area contributed by atoms with E-state index in [0.717, 1.165) is 56.6 Å². The zero-order valence-corrected chi connectivity index (χ0v) is 22.2. The van der Waals surface area contributed by atoms with Crippen LogP contribution in [0, 0.1) is 12.8 Å². The molecule has 0 bridgehead atoms. The number of amides is 2. The molecule has 2 amide bonds. The molecule has 1 fully saturated rings. The highest BCUT2D eigenvalue weighted by Gasteiger charge is 2.28. The summed E-state index contributed by atoms with van der Waals surface area (Å²) < 4.78 is 0. The topological polar surface area (TPSA) is 65.5 Å². The van der Waals surface area contributed by atoms with Gasteiger partial charge in [-0.05, 0) is 86.1 Å². The molecular weight excluding hydrogens is 484 g/mol. The third-order valence-electron chi connectivity index (χ3n) is 7.63. The summed E-state index contributed by atoms with van der Waals surface area (Å²) in [7, 11) is 1.89. The van der Waals surface area contributed by atoms with Gasteiger partial charge in [0, 0.05) is 49.8 Å². The fraction of sp³-hybridized carbons (Fsp3) is 0.367. The molecule has 1 aromatic heterocycles. The zero-order chi connectivity index (χ0) is 25.9. The number of carbonyl (C=O) groups excluding carboxylic acids is 2.